The lowest BCUT2D eigenvalue weighted by Gasteiger charge is -1.88. The van der Waals surface area contributed by atoms with Crippen LogP contribution in [0.5, 0.6) is 0 Å². The predicted molar refractivity (Wildman–Crippen MR) is 43.2 cm³/mol. The summed E-state index contributed by atoms with van der Waals surface area (Å²) >= 11 is 0. The SMILES string of the molecule is NCc1nc(-c2cncnc2)no1. The Morgan fingerprint density at radius 2 is 2.08 bits per heavy atom. The zero-order valence-electron chi connectivity index (χ0n) is 6.71. The molecule has 2 rings (SSSR count). The van der Waals surface area contributed by atoms with Crippen LogP contribution in [-0.4, -0.2) is 20.1 Å². The Kier molecular flexibility index (Phi) is 1.97. The summed E-state index contributed by atoms with van der Waals surface area (Å²) in [6.07, 6.45) is 4.66. The molecule has 0 aliphatic heterocycles. The minimum atomic E-state index is 0.237. The minimum Gasteiger partial charge on any atom is -0.338 e. The molecule has 66 valence electrons. The van der Waals surface area contributed by atoms with Gasteiger partial charge in [-0.1, -0.05) is 5.16 Å². The van der Waals surface area contributed by atoms with Crippen molar-refractivity contribution in [3.05, 3.63) is 24.6 Å². The summed E-state index contributed by atoms with van der Waals surface area (Å²) in [5, 5.41) is 3.71. The molecule has 0 unspecified atom stereocenters. The van der Waals surface area contributed by atoms with Crippen molar-refractivity contribution in [3.63, 3.8) is 0 Å². The summed E-state index contributed by atoms with van der Waals surface area (Å²) in [5.41, 5.74) is 6.03. The third-order valence-electron chi connectivity index (χ3n) is 1.46. The molecule has 2 aromatic heterocycles. The van der Waals surface area contributed by atoms with Gasteiger partial charge in [0.2, 0.25) is 11.7 Å². The van der Waals surface area contributed by atoms with E-state index in [4.69, 9.17) is 10.3 Å². The maximum atomic E-state index is 5.31. The lowest BCUT2D eigenvalue weighted by Crippen LogP contribution is -1.95. The second-order valence-corrected chi connectivity index (χ2v) is 2.34. The molecule has 0 bridgehead atoms. The van der Waals surface area contributed by atoms with Crippen molar-refractivity contribution in [2.45, 2.75) is 6.54 Å². The van der Waals surface area contributed by atoms with E-state index in [9.17, 15) is 0 Å². The van der Waals surface area contributed by atoms with Gasteiger partial charge in [0, 0.05) is 12.4 Å². The Bertz CT molecular complexity index is 385. The van der Waals surface area contributed by atoms with E-state index in [1.165, 1.54) is 6.33 Å². The fourth-order valence-corrected chi connectivity index (χ4v) is 0.870. The van der Waals surface area contributed by atoms with Crippen molar-refractivity contribution in [3.8, 4) is 11.4 Å². The average Bonchev–Trinajstić information content (AvgIpc) is 2.67. The largest absolute Gasteiger partial charge is 0.338 e. The molecule has 0 aromatic carbocycles. The lowest BCUT2D eigenvalue weighted by atomic mass is 10.3. The van der Waals surface area contributed by atoms with Crippen molar-refractivity contribution in [2.24, 2.45) is 5.73 Å². The standard InChI is InChI=1S/C7H7N5O/c8-1-6-11-7(12-13-6)5-2-9-4-10-3-5/h2-4H,1,8H2. The van der Waals surface area contributed by atoms with Crippen molar-refractivity contribution < 1.29 is 4.52 Å². The van der Waals surface area contributed by atoms with Crippen molar-refractivity contribution in [2.75, 3.05) is 0 Å². The van der Waals surface area contributed by atoms with Crippen molar-refractivity contribution in [1.29, 1.82) is 0 Å². The van der Waals surface area contributed by atoms with E-state index in [1.807, 2.05) is 0 Å². The molecular weight excluding hydrogens is 170 g/mol. The second-order valence-electron chi connectivity index (χ2n) is 2.34. The summed E-state index contributed by atoms with van der Waals surface area (Å²) in [5.74, 6) is 0.861. The molecule has 6 nitrogen and oxygen atoms in total. The number of nitrogens with two attached hydrogens (primary N) is 1. The first-order chi connectivity index (χ1) is 6.40. The zero-order valence-corrected chi connectivity index (χ0v) is 6.71. The van der Waals surface area contributed by atoms with Gasteiger partial charge in [0.1, 0.15) is 6.33 Å². The molecule has 2 N–H and O–H groups in total. The maximum Gasteiger partial charge on any atom is 0.240 e. The molecule has 2 heterocycles. The minimum absolute atomic E-state index is 0.237. The molecule has 13 heavy (non-hydrogen) atoms. The van der Waals surface area contributed by atoms with Gasteiger partial charge < -0.3 is 10.3 Å². The predicted octanol–water partition coefficient (Wildman–Crippen LogP) is -0.0147. The first kappa shape index (κ1) is 7.81. The van der Waals surface area contributed by atoms with E-state index >= 15 is 0 Å². The Morgan fingerprint density at radius 1 is 1.31 bits per heavy atom. The monoisotopic (exact) mass is 177 g/mol. The topological polar surface area (TPSA) is 90.7 Å². The van der Waals surface area contributed by atoms with Crippen LogP contribution < -0.4 is 5.73 Å². The number of hydrogen-bond donors (Lipinski definition) is 1. The quantitative estimate of drug-likeness (QED) is 0.693. The summed E-state index contributed by atoms with van der Waals surface area (Å²) in [4.78, 5) is 11.7. The fraction of sp³-hybridized carbons (Fsp3) is 0.143. The van der Waals surface area contributed by atoms with E-state index in [-0.39, 0.29) is 6.54 Å². The summed E-state index contributed by atoms with van der Waals surface area (Å²) in [6, 6.07) is 0. The van der Waals surface area contributed by atoms with Gasteiger partial charge in [-0.05, 0) is 0 Å². The average molecular weight is 177 g/mol. The smallest absolute Gasteiger partial charge is 0.240 e. The molecule has 0 saturated carbocycles. The molecule has 6 heteroatoms. The van der Waals surface area contributed by atoms with Gasteiger partial charge in [-0.15, -0.1) is 0 Å². The third kappa shape index (κ3) is 1.52. The van der Waals surface area contributed by atoms with Gasteiger partial charge >= 0.3 is 0 Å². The van der Waals surface area contributed by atoms with Crippen LogP contribution in [0.4, 0.5) is 0 Å². The molecule has 0 fully saturated rings. The molecule has 0 radical (unpaired) electrons. The molecule has 0 saturated heterocycles. The highest BCUT2D eigenvalue weighted by molar-refractivity contribution is 5.50. The molecule has 2 aromatic rings. The third-order valence-corrected chi connectivity index (χ3v) is 1.46. The Hall–Kier alpha value is -1.82. The highest BCUT2D eigenvalue weighted by Crippen LogP contribution is 2.11. The van der Waals surface area contributed by atoms with Gasteiger partial charge in [-0.25, -0.2) is 9.97 Å². The number of nitrogens with zero attached hydrogens (tertiary/aromatic N) is 4. The van der Waals surface area contributed by atoms with E-state index in [2.05, 4.69) is 20.1 Å². The fourth-order valence-electron chi connectivity index (χ4n) is 0.870. The van der Waals surface area contributed by atoms with Gasteiger partial charge in [0.15, 0.2) is 0 Å². The summed E-state index contributed by atoms with van der Waals surface area (Å²) < 4.78 is 4.83. The highest BCUT2D eigenvalue weighted by atomic mass is 16.5. The van der Waals surface area contributed by atoms with Gasteiger partial charge in [0.25, 0.3) is 0 Å². The Morgan fingerprint density at radius 3 is 2.69 bits per heavy atom. The van der Waals surface area contributed by atoms with Crippen LogP contribution >= 0.6 is 0 Å². The van der Waals surface area contributed by atoms with Gasteiger partial charge in [-0.3, -0.25) is 0 Å². The van der Waals surface area contributed by atoms with Crippen LogP contribution in [-0.2, 0) is 6.54 Å². The van der Waals surface area contributed by atoms with Gasteiger partial charge in [0.05, 0.1) is 12.1 Å². The van der Waals surface area contributed by atoms with E-state index in [0.29, 0.717) is 17.3 Å². The molecule has 0 amide bonds. The first-order valence-corrected chi connectivity index (χ1v) is 3.68. The Labute approximate surface area is 73.8 Å². The Balaban J connectivity index is 2.36. The highest BCUT2D eigenvalue weighted by Gasteiger charge is 2.06. The van der Waals surface area contributed by atoms with Crippen LogP contribution in [0.1, 0.15) is 5.89 Å². The lowest BCUT2D eigenvalue weighted by molar-refractivity contribution is 0.380. The van der Waals surface area contributed by atoms with Crippen LogP contribution in [0, 0.1) is 0 Å². The first-order valence-electron chi connectivity index (χ1n) is 3.68. The van der Waals surface area contributed by atoms with E-state index in [1.54, 1.807) is 12.4 Å². The molecular formula is C7H7N5O. The van der Waals surface area contributed by atoms with Crippen LogP contribution in [0.3, 0.4) is 0 Å². The number of hydrogen-bond acceptors (Lipinski definition) is 6. The van der Waals surface area contributed by atoms with E-state index in [0.717, 1.165) is 0 Å². The normalized spacial score (nSPS) is 10.2. The number of aromatic nitrogens is 4. The van der Waals surface area contributed by atoms with E-state index < -0.39 is 0 Å². The second kappa shape index (κ2) is 3.28. The molecule has 0 atom stereocenters. The van der Waals surface area contributed by atoms with Gasteiger partial charge in [-0.2, -0.15) is 4.98 Å². The van der Waals surface area contributed by atoms with Crippen LogP contribution in [0.2, 0.25) is 0 Å². The van der Waals surface area contributed by atoms with Crippen molar-refractivity contribution >= 4 is 0 Å². The summed E-state index contributed by atoms with van der Waals surface area (Å²) in [6.45, 7) is 0.237. The molecule has 0 aliphatic rings. The van der Waals surface area contributed by atoms with Crippen LogP contribution in [0.25, 0.3) is 11.4 Å². The van der Waals surface area contributed by atoms with Crippen molar-refractivity contribution in [1.82, 2.24) is 20.1 Å². The zero-order chi connectivity index (χ0) is 9.10. The summed E-state index contributed by atoms with van der Waals surface area (Å²) in [7, 11) is 0. The molecule has 0 aliphatic carbocycles. The maximum absolute atomic E-state index is 5.31. The van der Waals surface area contributed by atoms with Crippen LogP contribution in [0.15, 0.2) is 23.2 Å². The number of rotatable bonds is 2. The molecule has 0 spiro atoms.